The van der Waals surface area contributed by atoms with E-state index >= 15 is 0 Å². The summed E-state index contributed by atoms with van der Waals surface area (Å²) in [5, 5.41) is 19.3. The van der Waals surface area contributed by atoms with Crippen molar-refractivity contribution < 1.29 is 40.6 Å². The molecule has 184 valence electrons. The zero-order valence-electron chi connectivity index (χ0n) is 18.0. The van der Waals surface area contributed by atoms with E-state index in [2.05, 4.69) is 4.85 Å². The zero-order valence-corrected chi connectivity index (χ0v) is 19.6. The number of hydrogen-bond acceptors (Lipinski definition) is 9. The summed E-state index contributed by atoms with van der Waals surface area (Å²) in [6.45, 7) is 7.19. The Bertz CT molecular complexity index is 1600. The van der Waals surface area contributed by atoms with Crippen LogP contribution in [0.5, 0.6) is 5.88 Å². The van der Waals surface area contributed by atoms with Crippen LogP contribution in [0.2, 0.25) is 0 Å². The van der Waals surface area contributed by atoms with Crippen LogP contribution in [0.25, 0.3) is 10.9 Å². The number of aromatic hydroxyl groups is 1. The second-order valence-electron chi connectivity index (χ2n) is 7.07. The molecule has 1 aliphatic heterocycles. The minimum absolute atomic E-state index is 0.473. The summed E-state index contributed by atoms with van der Waals surface area (Å²) in [4.78, 5) is 40.9. The van der Waals surface area contributed by atoms with Gasteiger partial charge in [-0.25, -0.2) is 4.85 Å². The summed E-state index contributed by atoms with van der Waals surface area (Å²) >= 11 is 0. The van der Waals surface area contributed by atoms with E-state index in [0.717, 1.165) is 32.3 Å². The van der Waals surface area contributed by atoms with Gasteiger partial charge in [0.15, 0.2) is 5.88 Å². The standard InChI is InChI=1S/C19H16N4O10S2/c1-21-15-14(9-35(31,32)33)11(17(25)23(3)19(15)27)6-4-5-10-13(8-34(28,29)30)12(7-20)18(26)22(2)16(10)24/h4-6,27H,8-9H2,2-3H3,(H,28,29,30)(H,31,32,33). The Morgan fingerprint density at radius 3 is 2.11 bits per heavy atom. The highest BCUT2D eigenvalue weighted by molar-refractivity contribution is 7.86. The largest absolute Gasteiger partial charge is 0.503 e. The quantitative estimate of drug-likeness (QED) is 0.189. The second-order valence-corrected chi connectivity index (χ2v) is 9.97. The highest BCUT2D eigenvalue weighted by Gasteiger charge is 2.36. The van der Waals surface area contributed by atoms with Gasteiger partial charge in [-0.3, -0.25) is 33.0 Å². The van der Waals surface area contributed by atoms with Gasteiger partial charge in [0, 0.05) is 30.8 Å². The fourth-order valence-electron chi connectivity index (χ4n) is 3.14. The SMILES string of the molecule is [C-]#[N+]c1c(CS(=O)(=O)O)c(C=CC=C2C(=O)N(C)C(=O)C(C#N)=C2CS(=O)(=O)O)c(=O)n(C)c1O. The Balaban J connectivity index is 2.82. The van der Waals surface area contributed by atoms with E-state index in [1.165, 1.54) is 6.07 Å². The van der Waals surface area contributed by atoms with Crippen LogP contribution in [0.1, 0.15) is 11.1 Å². The maximum atomic E-state index is 12.6. The molecule has 1 aliphatic rings. The predicted octanol–water partition coefficient (Wildman–Crippen LogP) is -0.324. The van der Waals surface area contributed by atoms with Crippen molar-refractivity contribution in [1.82, 2.24) is 9.47 Å². The Kier molecular flexibility index (Phi) is 7.48. The van der Waals surface area contributed by atoms with E-state index in [4.69, 9.17) is 6.57 Å². The number of carbonyl (C=O) groups excluding carboxylic acids is 2. The molecule has 16 heteroatoms. The van der Waals surface area contributed by atoms with Crippen molar-refractivity contribution in [3.05, 3.63) is 61.8 Å². The first kappa shape index (κ1) is 27.2. The fourth-order valence-corrected chi connectivity index (χ4v) is 4.46. The van der Waals surface area contributed by atoms with Crippen molar-refractivity contribution in [1.29, 1.82) is 5.26 Å². The lowest BCUT2D eigenvalue weighted by Crippen LogP contribution is -2.41. The van der Waals surface area contributed by atoms with Gasteiger partial charge in [0.05, 0.1) is 12.3 Å². The summed E-state index contributed by atoms with van der Waals surface area (Å²) in [5.41, 5.74) is -4.49. The summed E-state index contributed by atoms with van der Waals surface area (Å²) in [6.07, 6.45) is 2.79. The Morgan fingerprint density at radius 2 is 1.63 bits per heavy atom. The van der Waals surface area contributed by atoms with Crippen molar-refractivity contribution in [2.45, 2.75) is 5.75 Å². The van der Waals surface area contributed by atoms with E-state index in [1.54, 1.807) is 0 Å². The summed E-state index contributed by atoms with van der Waals surface area (Å²) in [7, 11) is -7.47. The number of nitriles is 1. The van der Waals surface area contributed by atoms with Crippen LogP contribution in [0.4, 0.5) is 5.69 Å². The number of amides is 2. The number of rotatable bonds is 6. The van der Waals surface area contributed by atoms with Gasteiger partial charge in [-0.2, -0.15) is 22.1 Å². The number of hydrogen-bond donors (Lipinski definition) is 3. The van der Waals surface area contributed by atoms with E-state index in [1.807, 2.05) is 0 Å². The third-order valence-electron chi connectivity index (χ3n) is 4.76. The van der Waals surface area contributed by atoms with Crippen molar-refractivity contribution >= 4 is 43.8 Å². The predicted molar refractivity (Wildman–Crippen MR) is 119 cm³/mol. The normalized spacial score (nSPS) is 16.2. The van der Waals surface area contributed by atoms with Crippen LogP contribution in [-0.4, -0.2) is 65.1 Å². The Morgan fingerprint density at radius 1 is 1.06 bits per heavy atom. The molecule has 0 fully saturated rings. The van der Waals surface area contributed by atoms with Crippen LogP contribution in [0.3, 0.4) is 0 Å². The number of nitrogens with zero attached hydrogens (tertiary/aromatic N) is 4. The van der Waals surface area contributed by atoms with Crippen LogP contribution >= 0.6 is 0 Å². The summed E-state index contributed by atoms with van der Waals surface area (Å²) < 4.78 is 64.8. The molecule has 0 saturated heterocycles. The maximum Gasteiger partial charge on any atom is 0.271 e. The molecule has 3 N–H and O–H groups in total. The first-order valence-electron chi connectivity index (χ1n) is 9.11. The third-order valence-corrected chi connectivity index (χ3v) is 6.07. The lowest BCUT2D eigenvalue weighted by molar-refractivity contribution is -0.138. The van der Waals surface area contributed by atoms with Crippen molar-refractivity contribution in [2.75, 3.05) is 12.8 Å². The average molecular weight is 524 g/mol. The number of allylic oxidation sites excluding steroid dienone is 2. The van der Waals surface area contributed by atoms with Crippen LogP contribution < -0.4 is 5.56 Å². The number of pyridine rings is 1. The summed E-state index contributed by atoms with van der Waals surface area (Å²) in [5.74, 6) is -5.48. The van der Waals surface area contributed by atoms with Gasteiger partial charge in [0.2, 0.25) is 5.69 Å². The van der Waals surface area contributed by atoms with Gasteiger partial charge in [0.25, 0.3) is 37.6 Å². The smallest absolute Gasteiger partial charge is 0.271 e. The van der Waals surface area contributed by atoms with Crippen LogP contribution in [0.15, 0.2) is 33.7 Å². The Hall–Kier alpha value is -4.09. The molecule has 0 radical (unpaired) electrons. The number of carbonyl (C=O) groups is 2. The number of aromatic nitrogens is 1. The molecule has 2 rings (SSSR count). The number of imide groups is 1. The topological polar surface area (TPSA) is 216 Å². The minimum atomic E-state index is -4.80. The van der Waals surface area contributed by atoms with E-state index in [0.29, 0.717) is 9.47 Å². The van der Waals surface area contributed by atoms with Crippen LogP contribution in [0, 0.1) is 17.9 Å². The molecule has 0 spiro atoms. The van der Waals surface area contributed by atoms with Gasteiger partial charge < -0.3 is 5.11 Å². The van der Waals surface area contributed by atoms with Crippen molar-refractivity contribution in [2.24, 2.45) is 7.05 Å². The Labute approximate surface area is 198 Å². The molecule has 1 aromatic rings. The van der Waals surface area contributed by atoms with Crippen LogP contribution in [-0.2, 0) is 42.6 Å². The summed E-state index contributed by atoms with van der Waals surface area (Å²) in [6, 6.07) is 1.48. The minimum Gasteiger partial charge on any atom is -0.503 e. The molecule has 2 amide bonds. The van der Waals surface area contributed by atoms with Gasteiger partial charge in [0.1, 0.15) is 17.4 Å². The molecule has 0 aromatic carbocycles. The first-order chi connectivity index (χ1) is 16.0. The molecule has 0 aliphatic carbocycles. The highest BCUT2D eigenvalue weighted by Crippen LogP contribution is 2.33. The van der Waals surface area contributed by atoms with E-state index < -0.39 is 88.5 Å². The molecule has 0 bridgehead atoms. The molecule has 0 unspecified atom stereocenters. The molecule has 2 heterocycles. The molecular weight excluding hydrogens is 508 g/mol. The van der Waals surface area contributed by atoms with E-state index in [9.17, 15) is 50.7 Å². The molecule has 0 atom stereocenters. The number of likely N-dealkylation sites (N-methyl/N-ethyl adjacent to an activating group) is 1. The average Bonchev–Trinajstić information content (AvgIpc) is 2.73. The molecular formula is C19H16N4O10S2. The lowest BCUT2D eigenvalue weighted by Gasteiger charge is -2.24. The first-order valence-corrected chi connectivity index (χ1v) is 12.3. The fraction of sp³-hybridized carbons (Fsp3) is 0.211. The zero-order chi connectivity index (χ0) is 26.9. The molecule has 35 heavy (non-hydrogen) atoms. The van der Waals surface area contributed by atoms with E-state index in [-0.39, 0.29) is 0 Å². The maximum absolute atomic E-state index is 12.6. The molecule has 14 nitrogen and oxygen atoms in total. The monoisotopic (exact) mass is 524 g/mol. The van der Waals surface area contributed by atoms with Gasteiger partial charge >= 0.3 is 0 Å². The van der Waals surface area contributed by atoms with Crippen molar-refractivity contribution in [3.8, 4) is 11.9 Å². The van der Waals surface area contributed by atoms with Gasteiger partial charge in [-0.1, -0.05) is 12.2 Å². The van der Waals surface area contributed by atoms with Gasteiger partial charge in [-0.15, -0.1) is 0 Å². The third kappa shape index (κ3) is 5.70. The van der Waals surface area contributed by atoms with Crippen molar-refractivity contribution in [3.63, 3.8) is 0 Å². The van der Waals surface area contributed by atoms with Gasteiger partial charge in [-0.05, 0) is 11.6 Å². The highest BCUT2D eigenvalue weighted by atomic mass is 32.2. The lowest BCUT2D eigenvalue weighted by atomic mass is 9.95. The second kappa shape index (κ2) is 9.65. The molecule has 0 saturated carbocycles. The molecule has 1 aromatic heterocycles.